The maximum absolute atomic E-state index is 12.0. The van der Waals surface area contributed by atoms with E-state index < -0.39 is 10.0 Å². The molecule has 1 aromatic carbocycles. The van der Waals surface area contributed by atoms with Gasteiger partial charge in [-0.25, -0.2) is 13.1 Å². The summed E-state index contributed by atoms with van der Waals surface area (Å²) in [5, 5.41) is 8.97. The van der Waals surface area contributed by atoms with Crippen molar-refractivity contribution in [2.45, 2.75) is 37.7 Å². The second kappa shape index (κ2) is 7.23. The molecule has 4 nitrogen and oxygen atoms in total. The van der Waals surface area contributed by atoms with Gasteiger partial charge < -0.3 is 5.11 Å². The molecule has 0 unspecified atom stereocenters. The molecule has 0 fully saturated rings. The number of aliphatic hydroxyl groups excluding tert-OH is 1. The van der Waals surface area contributed by atoms with E-state index in [9.17, 15) is 8.42 Å². The Morgan fingerprint density at radius 3 is 2.61 bits per heavy atom. The highest BCUT2D eigenvalue weighted by molar-refractivity contribution is 9.10. The van der Waals surface area contributed by atoms with Crippen molar-refractivity contribution in [3.05, 3.63) is 28.2 Å². The van der Waals surface area contributed by atoms with Crippen molar-refractivity contribution in [1.29, 1.82) is 0 Å². The third-order valence-corrected chi connectivity index (χ3v) is 4.98. The minimum absolute atomic E-state index is 0.108. The van der Waals surface area contributed by atoms with Gasteiger partial charge in [0.05, 0.1) is 11.5 Å². The van der Waals surface area contributed by atoms with Crippen LogP contribution in [0.2, 0.25) is 0 Å². The summed E-state index contributed by atoms with van der Waals surface area (Å²) in [6.07, 6.45) is 2.89. The van der Waals surface area contributed by atoms with Crippen LogP contribution in [0.15, 0.2) is 27.6 Å². The van der Waals surface area contributed by atoms with Crippen LogP contribution >= 0.6 is 15.9 Å². The molecule has 1 aromatic rings. The van der Waals surface area contributed by atoms with Gasteiger partial charge in [0.1, 0.15) is 0 Å². The third kappa shape index (κ3) is 4.35. The molecule has 0 radical (unpaired) electrons. The van der Waals surface area contributed by atoms with Crippen LogP contribution in [0.1, 0.15) is 31.7 Å². The lowest BCUT2D eigenvalue weighted by Gasteiger charge is -2.09. The molecule has 0 saturated carbocycles. The van der Waals surface area contributed by atoms with E-state index >= 15 is 0 Å². The predicted molar refractivity (Wildman–Crippen MR) is 74.8 cm³/mol. The summed E-state index contributed by atoms with van der Waals surface area (Å²) in [6, 6.07) is 4.71. The molecule has 18 heavy (non-hydrogen) atoms. The van der Waals surface area contributed by atoms with Gasteiger partial charge in [-0.2, -0.15) is 0 Å². The van der Waals surface area contributed by atoms with Crippen molar-refractivity contribution < 1.29 is 13.5 Å². The highest BCUT2D eigenvalue weighted by atomic mass is 79.9. The van der Waals surface area contributed by atoms with Crippen LogP contribution in [-0.4, -0.2) is 20.1 Å². The van der Waals surface area contributed by atoms with Crippen LogP contribution in [-0.2, 0) is 16.6 Å². The summed E-state index contributed by atoms with van der Waals surface area (Å²) in [6.45, 7) is 2.41. The maximum atomic E-state index is 12.0. The first-order chi connectivity index (χ1) is 8.51. The van der Waals surface area contributed by atoms with Gasteiger partial charge in [0.2, 0.25) is 10.0 Å². The van der Waals surface area contributed by atoms with Crippen molar-refractivity contribution >= 4 is 26.0 Å². The largest absolute Gasteiger partial charge is 0.392 e. The van der Waals surface area contributed by atoms with E-state index in [1.165, 1.54) is 6.07 Å². The molecule has 0 bridgehead atoms. The lowest BCUT2D eigenvalue weighted by atomic mass is 10.2. The van der Waals surface area contributed by atoms with Gasteiger partial charge in [0, 0.05) is 11.0 Å². The molecule has 0 aromatic heterocycles. The number of hydrogen-bond donors (Lipinski definition) is 2. The number of rotatable bonds is 7. The van der Waals surface area contributed by atoms with E-state index in [1.54, 1.807) is 12.1 Å². The molecule has 0 aliphatic carbocycles. The Hall–Kier alpha value is -0.430. The van der Waals surface area contributed by atoms with Crippen molar-refractivity contribution in [2.24, 2.45) is 0 Å². The highest BCUT2D eigenvalue weighted by Gasteiger charge is 2.16. The average Bonchev–Trinajstić information content (AvgIpc) is 2.34. The smallest absolute Gasteiger partial charge is 0.241 e. The Morgan fingerprint density at radius 2 is 2.06 bits per heavy atom. The quantitative estimate of drug-likeness (QED) is 0.752. The Bertz CT molecular complexity index is 488. The standard InChI is InChI=1S/C12H18BrNO3S/c1-2-3-4-7-14-18(16,17)12-6-5-10(9-15)8-11(12)13/h5-6,8,14-15H,2-4,7,9H2,1H3. The number of aliphatic hydroxyl groups is 1. The first kappa shape index (κ1) is 15.6. The molecule has 0 aliphatic rings. The average molecular weight is 336 g/mol. The van der Waals surface area contributed by atoms with Crippen molar-refractivity contribution in [2.75, 3.05) is 6.54 Å². The zero-order chi connectivity index (χ0) is 13.6. The number of hydrogen-bond acceptors (Lipinski definition) is 3. The predicted octanol–water partition coefficient (Wildman–Crippen LogP) is 2.41. The summed E-state index contributed by atoms with van der Waals surface area (Å²) in [4.78, 5) is 0.205. The topological polar surface area (TPSA) is 66.4 Å². The molecule has 0 atom stereocenters. The van der Waals surface area contributed by atoms with Crippen LogP contribution in [0.5, 0.6) is 0 Å². The third-order valence-electron chi connectivity index (χ3n) is 2.54. The first-order valence-electron chi connectivity index (χ1n) is 5.90. The van der Waals surface area contributed by atoms with Crippen LogP contribution in [0, 0.1) is 0 Å². The maximum Gasteiger partial charge on any atom is 0.241 e. The summed E-state index contributed by atoms with van der Waals surface area (Å²) < 4.78 is 27.1. The summed E-state index contributed by atoms with van der Waals surface area (Å²) in [5.74, 6) is 0. The Morgan fingerprint density at radius 1 is 1.33 bits per heavy atom. The van der Waals surface area contributed by atoms with Gasteiger partial charge >= 0.3 is 0 Å². The van der Waals surface area contributed by atoms with Crippen LogP contribution in [0.25, 0.3) is 0 Å². The van der Waals surface area contributed by atoms with Crippen molar-refractivity contribution in [3.8, 4) is 0 Å². The molecular weight excluding hydrogens is 318 g/mol. The molecule has 0 spiro atoms. The molecule has 102 valence electrons. The molecular formula is C12H18BrNO3S. The van der Waals surface area contributed by atoms with E-state index in [1.807, 2.05) is 0 Å². The Labute approximate surface area is 117 Å². The van der Waals surface area contributed by atoms with Gasteiger partial charge in [-0.15, -0.1) is 0 Å². The second-order valence-electron chi connectivity index (χ2n) is 4.03. The molecule has 0 aliphatic heterocycles. The molecule has 2 N–H and O–H groups in total. The van der Waals surface area contributed by atoms with Crippen LogP contribution < -0.4 is 4.72 Å². The fourth-order valence-electron chi connectivity index (χ4n) is 1.52. The molecule has 0 heterocycles. The Kier molecular flexibility index (Phi) is 6.28. The van der Waals surface area contributed by atoms with E-state index in [0.717, 1.165) is 19.3 Å². The highest BCUT2D eigenvalue weighted by Crippen LogP contribution is 2.23. The number of sulfonamides is 1. The lowest BCUT2D eigenvalue weighted by molar-refractivity contribution is 0.281. The molecule has 1 rings (SSSR count). The Balaban J connectivity index is 2.78. The van der Waals surface area contributed by atoms with E-state index in [0.29, 0.717) is 16.6 Å². The van der Waals surface area contributed by atoms with E-state index in [4.69, 9.17) is 5.11 Å². The van der Waals surface area contributed by atoms with Gasteiger partial charge in [0.25, 0.3) is 0 Å². The first-order valence-corrected chi connectivity index (χ1v) is 8.18. The van der Waals surface area contributed by atoms with Gasteiger partial charge in [-0.3, -0.25) is 0 Å². The van der Waals surface area contributed by atoms with Crippen molar-refractivity contribution in [3.63, 3.8) is 0 Å². The zero-order valence-electron chi connectivity index (χ0n) is 10.3. The van der Waals surface area contributed by atoms with Crippen LogP contribution in [0.4, 0.5) is 0 Å². The fraction of sp³-hybridized carbons (Fsp3) is 0.500. The van der Waals surface area contributed by atoms with Gasteiger partial charge in [-0.05, 0) is 40.0 Å². The summed E-state index contributed by atoms with van der Waals surface area (Å²) in [7, 11) is -3.47. The number of benzene rings is 1. The van der Waals surface area contributed by atoms with Gasteiger partial charge in [0.15, 0.2) is 0 Å². The van der Waals surface area contributed by atoms with Crippen molar-refractivity contribution in [1.82, 2.24) is 4.72 Å². The molecule has 0 saturated heterocycles. The fourth-order valence-corrected chi connectivity index (χ4v) is 3.72. The number of unbranched alkanes of at least 4 members (excludes halogenated alkanes) is 2. The van der Waals surface area contributed by atoms with E-state index in [-0.39, 0.29) is 11.5 Å². The van der Waals surface area contributed by atoms with Crippen LogP contribution in [0.3, 0.4) is 0 Å². The lowest BCUT2D eigenvalue weighted by Crippen LogP contribution is -2.25. The SMILES string of the molecule is CCCCCNS(=O)(=O)c1ccc(CO)cc1Br. The molecule has 0 amide bonds. The van der Waals surface area contributed by atoms with E-state index in [2.05, 4.69) is 27.6 Å². The monoisotopic (exact) mass is 335 g/mol. The zero-order valence-corrected chi connectivity index (χ0v) is 12.7. The second-order valence-corrected chi connectivity index (χ2v) is 6.62. The number of halogens is 1. The summed E-state index contributed by atoms with van der Waals surface area (Å²) in [5.41, 5.74) is 0.673. The summed E-state index contributed by atoms with van der Waals surface area (Å²) >= 11 is 3.22. The molecule has 6 heteroatoms. The minimum atomic E-state index is -3.47. The number of nitrogens with one attached hydrogen (secondary N) is 1. The normalized spacial score (nSPS) is 11.7. The minimum Gasteiger partial charge on any atom is -0.392 e. The van der Waals surface area contributed by atoms with Gasteiger partial charge in [-0.1, -0.05) is 25.8 Å².